The van der Waals surface area contributed by atoms with Gasteiger partial charge in [0.1, 0.15) is 18.8 Å². The number of rotatable bonds is 10. The van der Waals surface area contributed by atoms with E-state index in [0.717, 1.165) is 24.2 Å². The number of unbranched alkanes of at least 4 members (excludes halogenated alkanes) is 1. The van der Waals surface area contributed by atoms with Crippen molar-refractivity contribution in [2.45, 2.75) is 70.1 Å². The molecule has 4 amide bonds. The molecule has 9 nitrogen and oxygen atoms in total. The Morgan fingerprint density at radius 2 is 1.82 bits per heavy atom. The second kappa shape index (κ2) is 13.7. The van der Waals surface area contributed by atoms with Gasteiger partial charge < -0.3 is 25.0 Å². The highest BCUT2D eigenvalue weighted by Crippen LogP contribution is 2.29. The van der Waals surface area contributed by atoms with Gasteiger partial charge in [-0.05, 0) is 56.4 Å². The Labute approximate surface area is 259 Å². The third-order valence-electron chi connectivity index (χ3n) is 8.40. The predicted octanol–water partition coefficient (Wildman–Crippen LogP) is 5.19. The molecule has 3 heterocycles. The molecule has 2 fully saturated rings. The monoisotopic (exact) mass is 625 g/mol. The van der Waals surface area contributed by atoms with Crippen LogP contribution < -0.4 is 10.6 Å². The zero-order chi connectivity index (χ0) is 32.1. The number of Topliss-reactive ketones (excluding diaryl/α,β-unsaturated/α-hetero) is 1. The van der Waals surface area contributed by atoms with E-state index < -0.39 is 42.5 Å². The molecule has 2 saturated heterocycles. The molecule has 1 aromatic heterocycles. The van der Waals surface area contributed by atoms with Crippen molar-refractivity contribution in [3.05, 3.63) is 65.9 Å². The van der Waals surface area contributed by atoms with E-state index in [9.17, 15) is 32.3 Å². The number of aryl methyl sites for hydroxylation is 1. The quantitative estimate of drug-likeness (QED) is 0.239. The number of nitrogens with one attached hydrogen (secondary N) is 2. The molecule has 2 aliphatic rings. The number of hydrogen-bond donors (Lipinski definition) is 2. The van der Waals surface area contributed by atoms with Crippen LogP contribution in [0.5, 0.6) is 0 Å². The van der Waals surface area contributed by atoms with Crippen LogP contribution in [0.15, 0.2) is 54.7 Å². The number of nitrogens with zero attached hydrogens (tertiary/aromatic N) is 3. The molecule has 0 aliphatic carbocycles. The molecule has 12 heteroatoms. The first-order valence-electron chi connectivity index (χ1n) is 15.3. The van der Waals surface area contributed by atoms with Gasteiger partial charge in [0.05, 0.1) is 13.1 Å². The molecular formula is C33H38F3N5O4. The van der Waals surface area contributed by atoms with Gasteiger partial charge in [0, 0.05) is 54.3 Å². The minimum Gasteiger partial charge on any atom is -0.354 e. The maximum absolute atomic E-state index is 14.5. The van der Waals surface area contributed by atoms with Crippen molar-refractivity contribution in [2.24, 2.45) is 0 Å². The number of ketones is 1. The minimum absolute atomic E-state index is 0.0846. The molecule has 2 aliphatic heterocycles. The summed E-state index contributed by atoms with van der Waals surface area (Å²) < 4.78 is 43.7. The van der Waals surface area contributed by atoms with Gasteiger partial charge in [-0.3, -0.25) is 14.4 Å². The summed E-state index contributed by atoms with van der Waals surface area (Å²) in [4.78, 5) is 53.9. The lowest BCUT2D eigenvalue weighted by Gasteiger charge is -2.32. The highest BCUT2D eigenvalue weighted by Gasteiger charge is 2.40. The number of alkyl halides is 3. The summed E-state index contributed by atoms with van der Waals surface area (Å²) >= 11 is 0. The molecule has 45 heavy (non-hydrogen) atoms. The number of carbonyl (C=O) groups is 4. The first-order chi connectivity index (χ1) is 21.5. The smallest absolute Gasteiger partial charge is 0.322 e. The topological polar surface area (TPSA) is 104 Å². The van der Waals surface area contributed by atoms with Gasteiger partial charge in [0.25, 0.3) is 5.92 Å². The number of anilines is 1. The lowest BCUT2D eigenvalue weighted by molar-refractivity contribution is -0.138. The number of urea groups is 1. The number of benzene rings is 2. The summed E-state index contributed by atoms with van der Waals surface area (Å²) in [5.74, 6) is -4.07. The maximum Gasteiger partial charge on any atom is 0.322 e. The lowest BCUT2D eigenvalue weighted by Crippen LogP contribution is -2.47. The van der Waals surface area contributed by atoms with Gasteiger partial charge in [-0.2, -0.15) is 0 Å². The summed E-state index contributed by atoms with van der Waals surface area (Å²) in [5.41, 5.74) is 2.35. The summed E-state index contributed by atoms with van der Waals surface area (Å²) in [5, 5.41) is 5.94. The third-order valence-corrected chi connectivity index (χ3v) is 8.40. The van der Waals surface area contributed by atoms with Crippen LogP contribution in [0.2, 0.25) is 0 Å². The number of fused-ring (bicyclic) bond motifs is 1. The van der Waals surface area contributed by atoms with Gasteiger partial charge >= 0.3 is 6.03 Å². The number of hydrogen-bond acceptors (Lipinski definition) is 4. The summed E-state index contributed by atoms with van der Waals surface area (Å²) in [6, 6.07) is 13.2. The van der Waals surface area contributed by atoms with Gasteiger partial charge in [-0.25, -0.2) is 18.0 Å². The summed E-state index contributed by atoms with van der Waals surface area (Å²) in [7, 11) is 0. The molecule has 0 radical (unpaired) electrons. The van der Waals surface area contributed by atoms with E-state index in [1.807, 2.05) is 30.3 Å². The van der Waals surface area contributed by atoms with Crippen LogP contribution in [0.1, 0.15) is 54.9 Å². The molecule has 2 atom stereocenters. The van der Waals surface area contributed by atoms with Crippen molar-refractivity contribution in [2.75, 3.05) is 31.5 Å². The SMILES string of the molecule is CC(=O)c1cn(CC(=O)N2C[C@H](F)C[C@H]2C(=O)NCCCCc2ccccc2)c2ccc(NC(=O)N3CCCC(F)(F)C3)cc12. The largest absolute Gasteiger partial charge is 0.354 e. The van der Waals surface area contributed by atoms with E-state index in [2.05, 4.69) is 10.6 Å². The van der Waals surface area contributed by atoms with Crippen molar-refractivity contribution >= 4 is 40.2 Å². The van der Waals surface area contributed by atoms with E-state index in [1.165, 1.54) is 23.6 Å². The Balaban J connectivity index is 1.23. The van der Waals surface area contributed by atoms with Crippen LogP contribution >= 0.6 is 0 Å². The van der Waals surface area contributed by atoms with Crippen molar-refractivity contribution in [1.29, 1.82) is 0 Å². The first-order valence-corrected chi connectivity index (χ1v) is 15.3. The van der Waals surface area contributed by atoms with Crippen LogP contribution in [0.3, 0.4) is 0 Å². The second-order valence-corrected chi connectivity index (χ2v) is 11.9. The second-order valence-electron chi connectivity index (χ2n) is 11.9. The minimum atomic E-state index is -2.94. The number of piperidine rings is 1. The number of carbonyl (C=O) groups excluding carboxylic acids is 4. The Bertz CT molecular complexity index is 1560. The predicted molar refractivity (Wildman–Crippen MR) is 164 cm³/mol. The highest BCUT2D eigenvalue weighted by atomic mass is 19.3. The Morgan fingerprint density at radius 1 is 1.04 bits per heavy atom. The van der Waals surface area contributed by atoms with Crippen molar-refractivity contribution < 1.29 is 32.3 Å². The fourth-order valence-corrected chi connectivity index (χ4v) is 6.10. The molecule has 0 bridgehead atoms. The van der Waals surface area contributed by atoms with Crippen molar-refractivity contribution in [1.82, 2.24) is 19.7 Å². The molecule has 0 unspecified atom stereocenters. The van der Waals surface area contributed by atoms with Crippen LogP contribution in [0.4, 0.5) is 23.7 Å². The Morgan fingerprint density at radius 3 is 2.56 bits per heavy atom. The molecular weight excluding hydrogens is 587 g/mol. The lowest BCUT2D eigenvalue weighted by atomic mass is 10.1. The van der Waals surface area contributed by atoms with Crippen LogP contribution in [0.25, 0.3) is 10.9 Å². The molecule has 5 rings (SSSR count). The number of halogens is 3. The number of amides is 4. The molecule has 3 aromatic rings. The molecule has 2 aromatic carbocycles. The normalized spacial score (nSPS) is 19.5. The molecule has 2 N–H and O–H groups in total. The summed E-state index contributed by atoms with van der Waals surface area (Å²) in [6.07, 6.45) is 2.55. The maximum atomic E-state index is 14.5. The zero-order valence-corrected chi connectivity index (χ0v) is 25.2. The standard InChI is InChI=1S/C33H38F3N5O4/c1-22(42)27-19-40(28-12-11-25(17-26(27)28)38-32(45)39-15-7-13-33(35,36)21-39)20-30(43)41-18-24(34)16-29(41)31(44)37-14-6-5-10-23-8-3-2-4-9-23/h2-4,8-9,11-12,17,19,24,29H,5-7,10,13-16,18,20-21H2,1H3,(H,37,44)(H,38,45)/t24-,29+/m1/s1. The number of likely N-dealkylation sites (tertiary alicyclic amines) is 2. The van der Waals surface area contributed by atoms with E-state index in [4.69, 9.17) is 0 Å². The average Bonchev–Trinajstić information content (AvgIpc) is 3.57. The Kier molecular flexibility index (Phi) is 9.79. The van der Waals surface area contributed by atoms with Crippen molar-refractivity contribution in [3.8, 4) is 0 Å². The van der Waals surface area contributed by atoms with Crippen LogP contribution in [0, 0.1) is 0 Å². The van der Waals surface area contributed by atoms with Crippen LogP contribution in [-0.4, -0.2) is 82.3 Å². The fraction of sp³-hybridized carbons (Fsp3) is 0.455. The first kappa shape index (κ1) is 32.1. The number of aromatic nitrogens is 1. The van der Waals surface area contributed by atoms with Gasteiger partial charge in [-0.15, -0.1) is 0 Å². The summed E-state index contributed by atoms with van der Waals surface area (Å²) in [6.45, 7) is 0.911. The average molecular weight is 626 g/mol. The van der Waals surface area contributed by atoms with Gasteiger partial charge in [0.15, 0.2) is 5.78 Å². The van der Waals surface area contributed by atoms with Gasteiger partial charge in [-0.1, -0.05) is 30.3 Å². The molecule has 0 saturated carbocycles. The Hall–Kier alpha value is -4.35. The van der Waals surface area contributed by atoms with E-state index >= 15 is 0 Å². The van der Waals surface area contributed by atoms with E-state index in [1.54, 1.807) is 22.8 Å². The van der Waals surface area contributed by atoms with E-state index in [0.29, 0.717) is 28.7 Å². The molecule has 240 valence electrons. The highest BCUT2D eigenvalue weighted by molar-refractivity contribution is 6.08. The fourth-order valence-electron chi connectivity index (χ4n) is 6.10. The van der Waals surface area contributed by atoms with Crippen molar-refractivity contribution in [3.63, 3.8) is 0 Å². The van der Waals surface area contributed by atoms with Crippen LogP contribution in [-0.2, 0) is 22.6 Å². The van der Waals surface area contributed by atoms with E-state index in [-0.39, 0.29) is 44.7 Å². The zero-order valence-electron chi connectivity index (χ0n) is 25.2. The molecule has 0 spiro atoms. The van der Waals surface area contributed by atoms with Gasteiger partial charge in [0.2, 0.25) is 11.8 Å². The third kappa shape index (κ3) is 7.84.